The molecule has 3 aromatic heterocycles. The topological polar surface area (TPSA) is 78.6 Å². The summed E-state index contributed by atoms with van der Waals surface area (Å²) in [5.74, 6) is 1.18. The van der Waals surface area contributed by atoms with Gasteiger partial charge in [-0.25, -0.2) is 14.2 Å². The molecule has 42 heavy (non-hydrogen) atoms. The minimum atomic E-state index is -0.688. The van der Waals surface area contributed by atoms with Crippen LogP contribution in [-0.2, 0) is 16.0 Å². The number of carbonyl (C=O) groups excluding carboxylic acids is 2. The largest absolute Gasteiger partial charge is 0.443 e. The van der Waals surface area contributed by atoms with Crippen LogP contribution in [0, 0.1) is 5.92 Å². The smallest absolute Gasteiger partial charge is 0.435 e. The third-order valence-corrected chi connectivity index (χ3v) is 8.83. The summed E-state index contributed by atoms with van der Waals surface area (Å²) in [4.78, 5) is 30.3. The van der Waals surface area contributed by atoms with E-state index in [-0.39, 0.29) is 0 Å². The molecule has 0 saturated heterocycles. The molecule has 3 heterocycles. The second kappa shape index (κ2) is 11.4. The Labute approximate surface area is 260 Å². The molecule has 0 aliphatic heterocycles. The van der Waals surface area contributed by atoms with Crippen LogP contribution in [0.4, 0.5) is 9.59 Å². The van der Waals surface area contributed by atoms with Gasteiger partial charge in [-0.15, -0.1) is 11.3 Å². The summed E-state index contributed by atoms with van der Waals surface area (Å²) >= 11 is 5.12. The molecule has 1 aliphatic rings. The van der Waals surface area contributed by atoms with E-state index in [0.29, 0.717) is 35.3 Å². The van der Waals surface area contributed by atoms with Gasteiger partial charge < -0.3 is 14.4 Å². The summed E-state index contributed by atoms with van der Waals surface area (Å²) in [7, 11) is 4.02. The van der Waals surface area contributed by atoms with Crippen molar-refractivity contribution in [2.24, 2.45) is 5.92 Å². The van der Waals surface area contributed by atoms with Gasteiger partial charge in [-0.1, -0.05) is 28.1 Å². The first-order chi connectivity index (χ1) is 19.6. The number of ether oxygens (including phenoxy) is 2. The van der Waals surface area contributed by atoms with Crippen LogP contribution in [0.3, 0.4) is 0 Å². The van der Waals surface area contributed by atoms with Crippen LogP contribution in [0.1, 0.15) is 77.2 Å². The number of nitrogens with zero attached hydrogens (tertiary/aromatic N) is 4. The Bertz CT molecular complexity index is 1640. The Morgan fingerprint density at radius 1 is 1.02 bits per heavy atom. The van der Waals surface area contributed by atoms with E-state index in [2.05, 4.69) is 39.0 Å². The van der Waals surface area contributed by atoms with Gasteiger partial charge in [-0.3, -0.25) is 0 Å². The van der Waals surface area contributed by atoms with E-state index in [1.54, 1.807) is 15.9 Å². The molecule has 1 unspecified atom stereocenters. The second-order valence-electron chi connectivity index (χ2n) is 13.5. The molecule has 0 amide bonds. The predicted octanol–water partition coefficient (Wildman–Crippen LogP) is 8.63. The lowest BCUT2D eigenvalue weighted by Gasteiger charge is -2.21. The van der Waals surface area contributed by atoms with Gasteiger partial charge in [0.05, 0.1) is 21.4 Å². The average molecular weight is 658 g/mol. The molecule has 1 fully saturated rings. The van der Waals surface area contributed by atoms with E-state index in [4.69, 9.17) is 14.6 Å². The summed E-state index contributed by atoms with van der Waals surface area (Å²) in [5.41, 5.74) is 2.46. The third-order valence-electron chi connectivity index (χ3n) is 7.15. The molecule has 2 atom stereocenters. The van der Waals surface area contributed by atoms with Crippen molar-refractivity contribution in [2.45, 2.75) is 84.5 Å². The SMILES string of the molecule is CN(C)Cc1cc2c(s1)c(-c1cc3ccc([C@H]4CC4CCCBr)cc3n1C(=O)OC(C)(C)C)nn2C(=O)OC(C)(C)C. The summed E-state index contributed by atoms with van der Waals surface area (Å²) in [6, 6.07) is 10.4. The fraction of sp³-hybridized carbons (Fsp3) is 0.531. The van der Waals surface area contributed by atoms with Crippen LogP contribution in [0.15, 0.2) is 30.3 Å². The Balaban J connectivity index is 1.68. The zero-order chi connectivity index (χ0) is 30.6. The molecule has 0 N–H and O–H groups in total. The van der Waals surface area contributed by atoms with E-state index < -0.39 is 23.4 Å². The van der Waals surface area contributed by atoms with Crippen LogP contribution in [-0.4, -0.2) is 62.1 Å². The molecule has 1 saturated carbocycles. The molecule has 10 heteroatoms. The monoisotopic (exact) mass is 656 g/mol. The quantitative estimate of drug-likeness (QED) is 0.185. The number of benzene rings is 1. The summed E-state index contributed by atoms with van der Waals surface area (Å²) in [5, 5.41) is 6.72. The van der Waals surface area contributed by atoms with Crippen molar-refractivity contribution in [1.29, 1.82) is 0 Å². The standard InChI is InChI=1S/C32H41BrN4O4S/c1-31(2,3)40-29(38)36-24-15-20(23-14-19(23)10-9-13-33)11-12-21(24)16-25(36)27-28-26(17-22(42-28)18-35(7)8)37(34-27)30(39)41-32(4,5)6/h11-12,15-17,19,23H,9-10,13-14,18H2,1-8H3/t19?,23-/m0/s1. The van der Waals surface area contributed by atoms with Crippen molar-refractivity contribution in [1.82, 2.24) is 19.2 Å². The molecule has 5 rings (SSSR count). The van der Waals surface area contributed by atoms with Gasteiger partial charge in [0.15, 0.2) is 0 Å². The van der Waals surface area contributed by atoms with Gasteiger partial charge in [0.2, 0.25) is 0 Å². The lowest BCUT2D eigenvalue weighted by atomic mass is 10.1. The van der Waals surface area contributed by atoms with Crippen molar-refractivity contribution < 1.29 is 19.1 Å². The molecule has 1 aliphatic carbocycles. The summed E-state index contributed by atoms with van der Waals surface area (Å²) in [6.07, 6.45) is 2.50. The molecule has 226 valence electrons. The van der Waals surface area contributed by atoms with Crippen molar-refractivity contribution in [2.75, 3.05) is 19.4 Å². The van der Waals surface area contributed by atoms with Gasteiger partial charge in [-0.05, 0) is 110 Å². The van der Waals surface area contributed by atoms with E-state index >= 15 is 0 Å². The van der Waals surface area contributed by atoms with E-state index in [1.807, 2.05) is 67.8 Å². The lowest BCUT2D eigenvalue weighted by molar-refractivity contribution is 0.0520. The Morgan fingerprint density at radius 3 is 2.36 bits per heavy atom. The number of halogens is 1. The van der Waals surface area contributed by atoms with Crippen LogP contribution >= 0.6 is 27.3 Å². The number of fused-ring (bicyclic) bond motifs is 2. The van der Waals surface area contributed by atoms with Crippen LogP contribution < -0.4 is 0 Å². The van der Waals surface area contributed by atoms with Crippen LogP contribution in [0.5, 0.6) is 0 Å². The molecule has 8 nitrogen and oxygen atoms in total. The number of aromatic nitrogens is 3. The van der Waals surface area contributed by atoms with Crippen molar-refractivity contribution in [3.8, 4) is 11.4 Å². The highest BCUT2D eigenvalue weighted by Crippen LogP contribution is 2.51. The highest BCUT2D eigenvalue weighted by Gasteiger charge is 2.38. The first-order valence-corrected chi connectivity index (χ1v) is 16.4. The first-order valence-electron chi connectivity index (χ1n) is 14.5. The number of rotatable bonds is 7. The Hall–Kier alpha value is -2.69. The fourth-order valence-electron chi connectivity index (χ4n) is 5.40. The molecular weight excluding hydrogens is 616 g/mol. The van der Waals surface area contributed by atoms with E-state index in [0.717, 1.165) is 32.2 Å². The maximum absolute atomic E-state index is 13.9. The summed E-state index contributed by atoms with van der Waals surface area (Å²) in [6.45, 7) is 11.8. The van der Waals surface area contributed by atoms with Crippen LogP contribution in [0.25, 0.3) is 32.5 Å². The molecular formula is C32H41BrN4O4S. The highest BCUT2D eigenvalue weighted by atomic mass is 79.9. The van der Waals surface area contributed by atoms with Crippen molar-refractivity contribution in [3.63, 3.8) is 0 Å². The molecule has 4 aromatic rings. The molecule has 1 aromatic carbocycles. The lowest BCUT2D eigenvalue weighted by Crippen LogP contribution is -2.28. The Kier molecular flexibility index (Phi) is 8.37. The Morgan fingerprint density at radius 2 is 1.71 bits per heavy atom. The van der Waals surface area contributed by atoms with Gasteiger partial charge in [0, 0.05) is 22.1 Å². The maximum Gasteiger partial charge on any atom is 0.435 e. The fourth-order valence-corrected chi connectivity index (χ4v) is 6.97. The van der Waals surface area contributed by atoms with Gasteiger partial charge in [0.1, 0.15) is 16.9 Å². The minimum Gasteiger partial charge on any atom is -0.443 e. The van der Waals surface area contributed by atoms with Gasteiger partial charge >= 0.3 is 12.2 Å². The normalized spacial score (nSPS) is 17.4. The van der Waals surface area contributed by atoms with Crippen LogP contribution in [0.2, 0.25) is 0 Å². The summed E-state index contributed by atoms with van der Waals surface area (Å²) < 4.78 is 15.4. The van der Waals surface area contributed by atoms with Gasteiger partial charge in [-0.2, -0.15) is 9.78 Å². The minimum absolute atomic E-state index is 0.471. The number of hydrogen-bond acceptors (Lipinski definition) is 7. The van der Waals surface area contributed by atoms with E-state index in [9.17, 15) is 9.59 Å². The zero-order valence-electron chi connectivity index (χ0n) is 25.8. The number of carbonyl (C=O) groups is 2. The predicted molar refractivity (Wildman–Crippen MR) is 173 cm³/mol. The molecule has 0 bridgehead atoms. The number of alkyl halides is 1. The second-order valence-corrected chi connectivity index (χ2v) is 15.4. The molecule has 0 spiro atoms. The zero-order valence-corrected chi connectivity index (χ0v) is 28.2. The number of thiophene rings is 1. The maximum atomic E-state index is 13.9. The molecule has 0 radical (unpaired) electrons. The van der Waals surface area contributed by atoms with Gasteiger partial charge in [0.25, 0.3) is 0 Å². The average Bonchev–Trinajstić information content (AvgIpc) is 3.17. The first kappa shape index (κ1) is 30.8. The highest BCUT2D eigenvalue weighted by molar-refractivity contribution is 9.09. The van der Waals surface area contributed by atoms with Crippen molar-refractivity contribution >= 4 is 60.6 Å². The van der Waals surface area contributed by atoms with Crippen molar-refractivity contribution in [3.05, 3.63) is 40.8 Å². The number of hydrogen-bond donors (Lipinski definition) is 0. The third kappa shape index (κ3) is 6.60. The van der Waals surface area contributed by atoms with E-state index in [1.165, 1.54) is 23.1 Å².